The first kappa shape index (κ1) is 13.3. The monoisotopic (exact) mass is 284 g/mol. The van der Waals surface area contributed by atoms with Gasteiger partial charge in [0.05, 0.1) is 16.6 Å². The second kappa shape index (κ2) is 5.01. The van der Waals surface area contributed by atoms with E-state index >= 15 is 0 Å². The smallest absolute Gasteiger partial charge is 0.263 e. The van der Waals surface area contributed by atoms with Crippen molar-refractivity contribution < 1.29 is 9.50 Å². The Kier molecular flexibility index (Phi) is 3.17. The minimum Gasteiger partial charge on any atom is -0.507 e. The fourth-order valence-corrected chi connectivity index (χ4v) is 2.40. The molecule has 1 N–H and O–H groups in total. The molecule has 2 heterocycles. The molecular formula is C16H13FN2O2. The zero-order valence-electron chi connectivity index (χ0n) is 11.4. The van der Waals surface area contributed by atoms with Gasteiger partial charge in [0.15, 0.2) is 5.65 Å². The summed E-state index contributed by atoms with van der Waals surface area (Å²) in [5.41, 5.74) is 0.844. The van der Waals surface area contributed by atoms with E-state index in [1.807, 2.05) is 0 Å². The van der Waals surface area contributed by atoms with Crippen molar-refractivity contribution in [3.8, 4) is 11.4 Å². The van der Waals surface area contributed by atoms with Gasteiger partial charge in [-0.2, -0.15) is 0 Å². The van der Waals surface area contributed by atoms with Crippen molar-refractivity contribution in [2.45, 2.75) is 13.3 Å². The molecule has 4 nitrogen and oxygen atoms in total. The van der Waals surface area contributed by atoms with Crippen LogP contribution >= 0.6 is 0 Å². The van der Waals surface area contributed by atoms with E-state index in [9.17, 15) is 14.3 Å². The van der Waals surface area contributed by atoms with Gasteiger partial charge in [0.2, 0.25) is 0 Å². The van der Waals surface area contributed by atoms with E-state index in [0.29, 0.717) is 28.7 Å². The lowest BCUT2D eigenvalue weighted by molar-refractivity contribution is 0.472. The van der Waals surface area contributed by atoms with Gasteiger partial charge >= 0.3 is 0 Å². The number of fused-ring (bicyclic) bond motifs is 1. The lowest BCUT2D eigenvalue weighted by atomic mass is 10.1. The van der Waals surface area contributed by atoms with Crippen LogP contribution in [0.4, 0.5) is 4.39 Å². The Balaban J connectivity index is 2.46. The summed E-state index contributed by atoms with van der Waals surface area (Å²) in [5, 5.41) is 10.7. The number of aromatic nitrogens is 2. The highest BCUT2D eigenvalue weighted by Gasteiger charge is 2.16. The maximum atomic E-state index is 13.1. The largest absolute Gasteiger partial charge is 0.507 e. The van der Waals surface area contributed by atoms with Crippen LogP contribution in [0.3, 0.4) is 0 Å². The average Bonchev–Trinajstić information content (AvgIpc) is 2.50. The molecule has 0 aliphatic heterocycles. The van der Waals surface area contributed by atoms with Crippen LogP contribution in [-0.2, 0) is 6.42 Å². The summed E-state index contributed by atoms with van der Waals surface area (Å²) in [6, 6.07) is 9.00. The molecule has 0 radical (unpaired) electrons. The molecule has 0 bridgehead atoms. The van der Waals surface area contributed by atoms with Gasteiger partial charge in [-0.05, 0) is 42.8 Å². The molecule has 3 aromatic rings. The number of hydrogen-bond acceptors (Lipinski definition) is 3. The molecule has 0 saturated heterocycles. The molecule has 0 saturated carbocycles. The normalized spacial score (nSPS) is 11.0. The number of halogens is 1. The SMILES string of the molecule is CCc1c(O)c2cccnc2n(-c2ccc(F)cc2)c1=O. The summed E-state index contributed by atoms with van der Waals surface area (Å²) in [6.45, 7) is 1.80. The number of nitrogens with zero attached hydrogens (tertiary/aromatic N) is 2. The summed E-state index contributed by atoms with van der Waals surface area (Å²) in [5.74, 6) is -0.414. The lowest BCUT2D eigenvalue weighted by Gasteiger charge is -2.13. The summed E-state index contributed by atoms with van der Waals surface area (Å²) in [4.78, 5) is 16.8. The number of rotatable bonds is 2. The number of benzene rings is 1. The van der Waals surface area contributed by atoms with Crippen LogP contribution in [0, 0.1) is 5.82 Å². The Morgan fingerprint density at radius 3 is 2.62 bits per heavy atom. The second-order valence-corrected chi connectivity index (χ2v) is 4.67. The fraction of sp³-hybridized carbons (Fsp3) is 0.125. The standard InChI is InChI=1S/C16H13FN2O2/c1-2-12-14(20)13-4-3-9-18-15(13)19(16(12)21)11-7-5-10(17)6-8-11/h3-9,20H,2H2,1H3. The van der Waals surface area contributed by atoms with E-state index in [4.69, 9.17) is 0 Å². The van der Waals surface area contributed by atoms with Crippen LogP contribution in [0.15, 0.2) is 47.4 Å². The lowest BCUT2D eigenvalue weighted by Crippen LogP contribution is -2.23. The first-order chi connectivity index (χ1) is 10.1. The minimum atomic E-state index is -0.376. The van der Waals surface area contributed by atoms with Gasteiger partial charge < -0.3 is 5.11 Å². The predicted octanol–water partition coefficient (Wildman–Crippen LogP) is 2.79. The van der Waals surface area contributed by atoms with Gasteiger partial charge in [-0.25, -0.2) is 9.37 Å². The van der Waals surface area contributed by atoms with E-state index in [1.54, 1.807) is 25.3 Å². The molecule has 0 amide bonds. The van der Waals surface area contributed by atoms with Crippen LogP contribution < -0.4 is 5.56 Å². The Morgan fingerprint density at radius 2 is 1.95 bits per heavy atom. The minimum absolute atomic E-state index is 0.0380. The van der Waals surface area contributed by atoms with Crippen molar-refractivity contribution in [2.75, 3.05) is 0 Å². The van der Waals surface area contributed by atoms with Crippen molar-refractivity contribution in [3.63, 3.8) is 0 Å². The molecule has 106 valence electrons. The number of pyridine rings is 2. The maximum Gasteiger partial charge on any atom is 0.263 e. The summed E-state index contributed by atoms with van der Waals surface area (Å²) < 4.78 is 14.5. The molecule has 2 aromatic heterocycles. The van der Waals surface area contributed by atoms with Crippen LogP contribution in [0.2, 0.25) is 0 Å². The predicted molar refractivity (Wildman–Crippen MR) is 78.3 cm³/mol. The third-order valence-electron chi connectivity index (χ3n) is 3.44. The highest BCUT2D eigenvalue weighted by Crippen LogP contribution is 2.26. The zero-order valence-corrected chi connectivity index (χ0v) is 11.4. The summed E-state index contributed by atoms with van der Waals surface area (Å²) in [7, 11) is 0. The Hall–Kier alpha value is -2.69. The molecule has 0 aliphatic carbocycles. The van der Waals surface area contributed by atoms with E-state index in [1.165, 1.54) is 28.8 Å². The molecule has 0 spiro atoms. The second-order valence-electron chi connectivity index (χ2n) is 4.67. The van der Waals surface area contributed by atoms with Gasteiger partial charge in [0.25, 0.3) is 5.56 Å². The fourth-order valence-electron chi connectivity index (χ4n) is 2.40. The van der Waals surface area contributed by atoms with E-state index < -0.39 is 0 Å². The van der Waals surface area contributed by atoms with Crippen LogP contribution in [0.25, 0.3) is 16.7 Å². The highest BCUT2D eigenvalue weighted by molar-refractivity contribution is 5.84. The molecule has 0 fully saturated rings. The van der Waals surface area contributed by atoms with Gasteiger partial charge in [-0.1, -0.05) is 6.92 Å². The third-order valence-corrected chi connectivity index (χ3v) is 3.44. The van der Waals surface area contributed by atoms with Crippen LogP contribution in [-0.4, -0.2) is 14.7 Å². The van der Waals surface area contributed by atoms with Gasteiger partial charge in [0.1, 0.15) is 11.6 Å². The average molecular weight is 284 g/mol. The summed E-state index contributed by atoms with van der Waals surface area (Å²) >= 11 is 0. The van der Waals surface area contributed by atoms with E-state index in [0.717, 1.165) is 0 Å². The van der Waals surface area contributed by atoms with Crippen molar-refractivity contribution in [1.82, 2.24) is 9.55 Å². The highest BCUT2D eigenvalue weighted by atomic mass is 19.1. The zero-order chi connectivity index (χ0) is 15.0. The van der Waals surface area contributed by atoms with Gasteiger partial charge in [0, 0.05) is 6.20 Å². The summed E-state index contributed by atoms with van der Waals surface area (Å²) in [6.07, 6.45) is 1.95. The van der Waals surface area contributed by atoms with Crippen LogP contribution in [0.1, 0.15) is 12.5 Å². The first-order valence-corrected chi connectivity index (χ1v) is 6.61. The van der Waals surface area contributed by atoms with Crippen molar-refractivity contribution >= 4 is 11.0 Å². The molecule has 21 heavy (non-hydrogen) atoms. The van der Waals surface area contributed by atoms with Crippen molar-refractivity contribution in [1.29, 1.82) is 0 Å². The van der Waals surface area contributed by atoms with Gasteiger partial charge in [-0.3, -0.25) is 9.36 Å². The maximum absolute atomic E-state index is 13.1. The third kappa shape index (κ3) is 2.07. The van der Waals surface area contributed by atoms with Crippen LogP contribution in [0.5, 0.6) is 5.75 Å². The van der Waals surface area contributed by atoms with Crippen molar-refractivity contribution in [2.24, 2.45) is 0 Å². The first-order valence-electron chi connectivity index (χ1n) is 6.61. The molecule has 0 unspecified atom stereocenters. The molecular weight excluding hydrogens is 271 g/mol. The Bertz CT molecular complexity index is 870. The molecule has 5 heteroatoms. The number of hydrogen-bond donors (Lipinski definition) is 1. The Morgan fingerprint density at radius 1 is 1.24 bits per heavy atom. The Labute approximate surface area is 120 Å². The van der Waals surface area contributed by atoms with E-state index in [-0.39, 0.29) is 17.1 Å². The quantitative estimate of drug-likeness (QED) is 0.787. The molecule has 1 aromatic carbocycles. The molecule has 0 aliphatic rings. The molecule has 0 atom stereocenters. The van der Waals surface area contributed by atoms with Crippen molar-refractivity contribution in [3.05, 3.63) is 64.3 Å². The number of aromatic hydroxyl groups is 1. The van der Waals surface area contributed by atoms with Gasteiger partial charge in [-0.15, -0.1) is 0 Å². The topological polar surface area (TPSA) is 55.1 Å². The molecule has 3 rings (SSSR count). The van der Waals surface area contributed by atoms with E-state index in [2.05, 4.69) is 4.98 Å².